The van der Waals surface area contributed by atoms with Crippen LogP contribution in [0.5, 0.6) is 0 Å². The fourth-order valence-corrected chi connectivity index (χ4v) is 3.11. The predicted molar refractivity (Wildman–Crippen MR) is 91.1 cm³/mol. The van der Waals surface area contributed by atoms with E-state index in [2.05, 4.69) is 19.9 Å². The van der Waals surface area contributed by atoms with Crippen LogP contribution in [-0.4, -0.2) is 55.3 Å². The summed E-state index contributed by atoms with van der Waals surface area (Å²) in [5.74, 6) is 1.29. The highest BCUT2D eigenvalue weighted by Gasteiger charge is 2.18. The van der Waals surface area contributed by atoms with Gasteiger partial charge in [0.15, 0.2) is 5.82 Å². The molecule has 0 spiro atoms. The van der Waals surface area contributed by atoms with E-state index < -0.39 is 0 Å². The van der Waals surface area contributed by atoms with Gasteiger partial charge in [-0.25, -0.2) is 4.79 Å². The average molecular weight is 348 g/mol. The van der Waals surface area contributed by atoms with Crippen molar-refractivity contribution in [3.8, 4) is 0 Å². The maximum absolute atomic E-state index is 12.1. The first-order chi connectivity index (χ1) is 11.9. The van der Waals surface area contributed by atoms with Gasteiger partial charge in [-0.3, -0.25) is 23.7 Å². The van der Waals surface area contributed by atoms with Crippen LogP contribution >= 0.6 is 0 Å². The molecule has 0 radical (unpaired) electrons. The number of nitrogens with zero attached hydrogens (tertiary/aromatic N) is 6. The molecule has 9 nitrogen and oxygen atoms in total. The summed E-state index contributed by atoms with van der Waals surface area (Å²) in [6, 6.07) is 1.55. The molecular formula is C16H24N6O3. The number of aryl methyl sites for hydroxylation is 1. The quantitative estimate of drug-likeness (QED) is 0.735. The highest BCUT2D eigenvalue weighted by atomic mass is 16.5. The van der Waals surface area contributed by atoms with Gasteiger partial charge < -0.3 is 4.52 Å². The molecule has 1 aliphatic rings. The van der Waals surface area contributed by atoms with E-state index in [-0.39, 0.29) is 11.2 Å². The minimum atomic E-state index is -0.286. The van der Waals surface area contributed by atoms with E-state index >= 15 is 0 Å². The molecule has 3 rings (SSSR count). The summed E-state index contributed by atoms with van der Waals surface area (Å²) in [7, 11) is 3.21. The monoisotopic (exact) mass is 348 g/mol. The van der Waals surface area contributed by atoms with Crippen LogP contribution in [0.15, 0.2) is 20.2 Å². The third-order valence-corrected chi connectivity index (χ3v) is 4.63. The highest BCUT2D eigenvalue weighted by Crippen LogP contribution is 2.09. The van der Waals surface area contributed by atoms with Crippen molar-refractivity contribution in [1.82, 2.24) is 29.1 Å². The minimum Gasteiger partial charge on any atom is -0.340 e. The molecule has 1 aliphatic heterocycles. The van der Waals surface area contributed by atoms with Gasteiger partial charge >= 0.3 is 5.69 Å². The van der Waals surface area contributed by atoms with Gasteiger partial charge in [-0.2, -0.15) is 4.98 Å². The molecule has 0 aliphatic carbocycles. The summed E-state index contributed by atoms with van der Waals surface area (Å²) in [4.78, 5) is 32.8. The Balaban J connectivity index is 1.64. The van der Waals surface area contributed by atoms with Crippen LogP contribution in [0.2, 0.25) is 0 Å². The zero-order valence-corrected chi connectivity index (χ0v) is 14.9. The van der Waals surface area contributed by atoms with Crippen LogP contribution in [-0.2, 0) is 27.2 Å². The molecule has 136 valence electrons. The summed E-state index contributed by atoms with van der Waals surface area (Å²) in [6.45, 7) is 6.68. The Morgan fingerprint density at radius 2 is 1.72 bits per heavy atom. The first-order valence-electron chi connectivity index (χ1n) is 8.44. The Morgan fingerprint density at radius 3 is 2.36 bits per heavy atom. The van der Waals surface area contributed by atoms with Gasteiger partial charge in [0.2, 0.25) is 5.89 Å². The second kappa shape index (κ2) is 7.32. The molecule has 2 aromatic rings. The van der Waals surface area contributed by atoms with Crippen LogP contribution in [0, 0.1) is 6.92 Å². The van der Waals surface area contributed by atoms with E-state index in [9.17, 15) is 9.59 Å². The van der Waals surface area contributed by atoms with Crippen molar-refractivity contribution in [2.24, 2.45) is 14.1 Å². The van der Waals surface area contributed by atoms with Crippen molar-refractivity contribution in [1.29, 1.82) is 0 Å². The maximum atomic E-state index is 12.1. The van der Waals surface area contributed by atoms with E-state index in [1.165, 1.54) is 7.05 Å². The second-order valence-electron chi connectivity index (χ2n) is 6.51. The van der Waals surface area contributed by atoms with Crippen LogP contribution in [0.3, 0.4) is 0 Å². The number of hydrogen-bond donors (Lipinski definition) is 0. The van der Waals surface area contributed by atoms with Crippen LogP contribution < -0.4 is 11.2 Å². The molecule has 1 saturated heterocycles. The molecule has 0 bridgehead atoms. The van der Waals surface area contributed by atoms with Gasteiger partial charge in [-0.15, -0.1) is 0 Å². The van der Waals surface area contributed by atoms with Crippen molar-refractivity contribution in [3.63, 3.8) is 0 Å². The average Bonchev–Trinajstić information content (AvgIpc) is 2.86. The lowest BCUT2D eigenvalue weighted by atomic mass is 10.3. The summed E-state index contributed by atoms with van der Waals surface area (Å²) in [6.07, 6.45) is 1.01. The van der Waals surface area contributed by atoms with Gasteiger partial charge in [-0.05, 0) is 19.5 Å². The molecule has 2 aromatic heterocycles. The van der Waals surface area contributed by atoms with Gasteiger partial charge in [0, 0.05) is 52.4 Å². The van der Waals surface area contributed by atoms with Crippen molar-refractivity contribution in [3.05, 3.63) is 44.3 Å². The second-order valence-corrected chi connectivity index (χ2v) is 6.51. The Labute approximate surface area is 145 Å². The Morgan fingerprint density at radius 1 is 1.04 bits per heavy atom. The minimum absolute atomic E-state index is 0.262. The van der Waals surface area contributed by atoms with Crippen molar-refractivity contribution < 1.29 is 4.52 Å². The Kier molecular flexibility index (Phi) is 5.14. The molecule has 0 N–H and O–H groups in total. The van der Waals surface area contributed by atoms with Gasteiger partial charge in [0.25, 0.3) is 5.56 Å². The van der Waals surface area contributed by atoms with Gasteiger partial charge in [-0.1, -0.05) is 5.16 Å². The first-order valence-corrected chi connectivity index (χ1v) is 8.44. The first kappa shape index (κ1) is 17.6. The molecule has 3 heterocycles. The number of aromatic nitrogens is 4. The van der Waals surface area contributed by atoms with Crippen molar-refractivity contribution in [2.45, 2.75) is 26.4 Å². The topological polar surface area (TPSA) is 89.4 Å². The lowest BCUT2D eigenvalue weighted by Crippen LogP contribution is -2.40. The van der Waals surface area contributed by atoms with Crippen LogP contribution in [0.1, 0.15) is 23.8 Å². The van der Waals surface area contributed by atoms with Crippen molar-refractivity contribution in [2.75, 3.05) is 26.2 Å². The highest BCUT2D eigenvalue weighted by molar-refractivity contribution is 5.02. The van der Waals surface area contributed by atoms with Gasteiger partial charge in [0.1, 0.15) is 0 Å². The van der Waals surface area contributed by atoms with E-state index in [1.54, 1.807) is 24.6 Å². The molecular weight excluding hydrogens is 324 g/mol. The lowest BCUT2D eigenvalue weighted by molar-refractivity contribution is 0.238. The third-order valence-electron chi connectivity index (χ3n) is 4.63. The van der Waals surface area contributed by atoms with Crippen LogP contribution in [0.4, 0.5) is 0 Å². The molecule has 0 amide bonds. The number of rotatable bonds is 4. The van der Waals surface area contributed by atoms with Crippen LogP contribution in [0.25, 0.3) is 0 Å². The van der Waals surface area contributed by atoms with E-state index in [0.717, 1.165) is 42.9 Å². The van der Waals surface area contributed by atoms with Gasteiger partial charge in [0.05, 0.1) is 6.54 Å². The van der Waals surface area contributed by atoms with Crippen molar-refractivity contribution >= 4 is 0 Å². The van der Waals surface area contributed by atoms with E-state index in [4.69, 9.17) is 4.52 Å². The number of hydrogen-bond acceptors (Lipinski definition) is 7. The van der Waals surface area contributed by atoms with E-state index in [0.29, 0.717) is 24.8 Å². The standard InChI is InChI=1S/C16H24N6O3/c1-12-17-14(18-25-12)11-22-6-4-5-21(7-8-22)10-13-9-15(23)20(3)16(24)19(13)2/h9H,4-8,10-11H2,1-3H3. The lowest BCUT2D eigenvalue weighted by Gasteiger charge is -2.22. The van der Waals surface area contributed by atoms with E-state index in [1.807, 2.05) is 0 Å². The fraction of sp³-hybridized carbons (Fsp3) is 0.625. The zero-order valence-electron chi connectivity index (χ0n) is 14.9. The normalized spacial score (nSPS) is 16.9. The maximum Gasteiger partial charge on any atom is 0.330 e. The predicted octanol–water partition coefficient (Wildman–Crippen LogP) is -0.517. The molecule has 1 fully saturated rings. The molecule has 0 saturated carbocycles. The SMILES string of the molecule is Cc1nc(CN2CCCN(Cc3cc(=O)n(C)c(=O)n3C)CC2)no1. The zero-order chi connectivity index (χ0) is 18.0. The summed E-state index contributed by atoms with van der Waals surface area (Å²) >= 11 is 0. The Bertz CT molecular complexity index is 852. The summed E-state index contributed by atoms with van der Waals surface area (Å²) in [5, 5.41) is 3.95. The molecule has 0 aromatic carbocycles. The fourth-order valence-electron chi connectivity index (χ4n) is 3.11. The molecule has 9 heteroatoms. The summed E-state index contributed by atoms with van der Waals surface area (Å²) < 4.78 is 7.69. The summed E-state index contributed by atoms with van der Waals surface area (Å²) in [5.41, 5.74) is 0.198. The molecule has 25 heavy (non-hydrogen) atoms. The molecule has 0 atom stereocenters. The molecule has 0 unspecified atom stereocenters. The third kappa shape index (κ3) is 4.05. The Hall–Kier alpha value is -2.26. The largest absolute Gasteiger partial charge is 0.340 e. The smallest absolute Gasteiger partial charge is 0.330 e.